The molecule has 1 saturated heterocycles. The molecule has 40 heavy (non-hydrogen) atoms. The molecule has 1 N–H and O–H groups in total. The molecule has 0 saturated carbocycles. The van der Waals surface area contributed by atoms with Gasteiger partial charge in [0.2, 0.25) is 0 Å². The van der Waals surface area contributed by atoms with Crippen molar-refractivity contribution < 1.29 is 27.4 Å². The molecule has 0 radical (unpaired) electrons. The van der Waals surface area contributed by atoms with Crippen LogP contribution in [0.5, 0.6) is 5.75 Å². The Balaban J connectivity index is 1.46. The lowest BCUT2D eigenvalue weighted by atomic mass is 9.86. The highest BCUT2D eigenvalue weighted by molar-refractivity contribution is 6.04. The summed E-state index contributed by atoms with van der Waals surface area (Å²) in [7, 11) is 0. The zero-order valence-electron chi connectivity index (χ0n) is 23.5. The van der Waals surface area contributed by atoms with Gasteiger partial charge >= 0.3 is 6.18 Å². The van der Waals surface area contributed by atoms with Crippen molar-refractivity contribution in [1.82, 2.24) is 9.88 Å². The Bertz CT molecular complexity index is 1310. The molecule has 214 valence electrons. The first-order chi connectivity index (χ1) is 18.8. The van der Waals surface area contributed by atoms with Gasteiger partial charge in [-0.2, -0.15) is 13.2 Å². The maximum Gasteiger partial charge on any atom is 0.418 e. The van der Waals surface area contributed by atoms with Gasteiger partial charge in [-0.15, -0.1) is 0 Å². The van der Waals surface area contributed by atoms with Gasteiger partial charge in [-0.05, 0) is 55.2 Å². The minimum absolute atomic E-state index is 0.170. The van der Waals surface area contributed by atoms with Gasteiger partial charge in [0.15, 0.2) is 0 Å². The summed E-state index contributed by atoms with van der Waals surface area (Å²) in [6.07, 6.45) is -2.86. The van der Waals surface area contributed by atoms with E-state index in [0.717, 1.165) is 31.3 Å². The van der Waals surface area contributed by atoms with Gasteiger partial charge in [-0.25, -0.2) is 0 Å². The summed E-state index contributed by atoms with van der Waals surface area (Å²) in [4.78, 5) is 19.2. The van der Waals surface area contributed by atoms with Crippen LogP contribution < -0.4 is 10.1 Å². The summed E-state index contributed by atoms with van der Waals surface area (Å²) < 4.78 is 52.2. The number of morpholine rings is 1. The average molecular weight is 556 g/mol. The van der Waals surface area contributed by atoms with E-state index in [9.17, 15) is 18.0 Å². The van der Waals surface area contributed by atoms with Crippen LogP contribution in [0.4, 0.5) is 18.9 Å². The first-order valence-electron chi connectivity index (χ1n) is 13.4. The van der Waals surface area contributed by atoms with Crippen LogP contribution in [0.25, 0.3) is 11.3 Å². The fraction of sp³-hybridized carbons (Fsp3) is 0.419. The molecule has 0 aliphatic carbocycles. The minimum atomic E-state index is -4.53. The lowest BCUT2D eigenvalue weighted by Gasteiger charge is -2.35. The number of carbonyl (C=O) groups excluding carboxylic acids is 1. The van der Waals surface area contributed by atoms with Crippen molar-refractivity contribution >= 4 is 11.6 Å². The first-order valence-corrected chi connectivity index (χ1v) is 13.4. The van der Waals surface area contributed by atoms with Crippen molar-refractivity contribution in [3.8, 4) is 17.0 Å². The topological polar surface area (TPSA) is 63.7 Å². The van der Waals surface area contributed by atoms with Crippen molar-refractivity contribution in [2.75, 3.05) is 31.6 Å². The van der Waals surface area contributed by atoms with Crippen LogP contribution in [0.15, 0.2) is 60.8 Å². The number of aromatic nitrogens is 1. The van der Waals surface area contributed by atoms with Gasteiger partial charge in [0.25, 0.3) is 5.91 Å². The van der Waals surface area contributed by atoms with Crippen molar-refractivity contribution in [2.24, 2.45) is 0 Å². The van der Waals surface area contributed by atoms with Crippen LogP contribution in [0.3, 0.4) is 0 Å². The molecule has 1 amide bonds. The Morgan fingerprint density at radius 3 is 2.33 bits per heavy atom. The van der Waals surface area contributed by atoms with E-state index in [2.05, 4.69) is 49.8 Å². The zero-order chi connectivity index (χ0) is 29.1. The fourth-order valence-corrected chi connectivity index (χ4v) is 4.94. The van der Waals surface area contributed by atoms with E-state index in [0.29, 0.717) is 23.6 Å². The number of carbonyl (C=O) groups is 1. The number of nitrogens with one attached hydrogen (secondary N) is 1. The number of pyridine rings is 1. The van der Waals surface area contributed by atoms with E-state index in [-0.39, 0.29) is 34.8 Å². The quantitative estimate of drug-likeness (QED) is 0.347. The Morgan fingerprint density at radius 2 is 1.70 bits per heavy atom. The van der Waals surface area contributed by atoms with Gasteiger partial charge in [0, 0.05) is 48.7 Å². The molecule has 3 aromatic rings. The third kappa shape index (κ3) is 7.40. The number of hydrogen-bond donors (Lipinski definition) is 1. The molecule has 6 nitrogen and oxygen atoms in total. The third-order valence-corrected chi connectivity index (χ3v) is 6.74. The summed E-state index contributed by atoms with van der Waals surface area (Å²) in [5.41, 5.74) is 1.00. The maximum absolute atomic E-state index is 13.4. The summed E-state index contributed by atoms with van der Waals surface area (Å²) in [6.45, 7) is 13.4. The molecule has 2 atom stereocenters. The van der Waals surface area contributed by atoms with Crippen LogP contribution >= 0.6 is 0 Å². The Labute approximate surface area is 233 Å². The SMILES string of the molecule is C[C@@H]1CN(CCOc2cc(NC(=O)c3ccc(-c4ncccc4C(F)(F)F)cc3)ccc2C(C)(C)C)C[C@H](C)O1. The van der Waals surface area contributed by atoms with E-state index in [1.165, 1.54) is 36.5 Å². The monoisotopic (exact) mass is 555 g/mol. The maximum atomic E-state index is 13.4. The van der Waals surface area contributed by atoms with Crippen molar-refractivity contribution in [3.05, 3.63) is 77.5 Å². The van der Waals surface area contributed by atoms with E-state index < -0.39 is 11.7 Å². The van der Waals surface area contributed by atoms with Crippen LogP contribution in [0.1, 0.15) is 56.1 Å². The normalized spacial score (nSPS) is 18.4. The molecule has 0 unspecified atom stereocenters. The fourth-order valence-electron chi connectivity index (χ4n) is 4.94. The molecule has 2 heterocycles. The van der Waals surface area contributed by atoms with Gasteiger partial charge in [-0.3, -0.25) is 14.7 Å². The molecule has 4 rings (SSSR count). The molecule has 1 aliphatic rings. The second kappa shape index (κ2) is 12.0. The molecule has 9 heteroatoms. The molecule has 1 fully saturated rings. The van der Waals surface area contributed by atoms with Crippen molar-refractivity contribution in [3.63, 3.8) is 0 Å². The first kappa shape index (κ1) is 29.6. The number of amides is 1. The highest BCUT2D eigenvalue weighted by Gasteiger charge is 2.34. The van der Waals surface area contributed by atoms with Gasteiger partial charge in [0.05, 0.1) is 23.5 Å². The molecular weight excluding hydrogens is 519 g/mol. The van der Waals surface area contributed by atoms with Crippen LogP contribution in [0.2, 0.25) is 0 Å². The van der Waals surface area contributed by atoms with E-state index in [1.54, 1.807) is 0 Å². The van der Waals surface area contributed by atoms with Gasteiger partial charge in [-0.1, -0.05) is 39.0 Å². The standard InChI is InChI=1S/C31H36F3N3O3/c1-20-18-37(19-21(2)40-20)15-16-39-27-17-24(12-13-25(27)30(3,4)5)36-29(38)23-10-8-22(9-11-23)28-26(31(32,33)34)7-6-14-35-28/h6-14,17,20-21H,15-16,18-19H2,1-5H3,(H,36,38)/t20-,21+. The number of anilines is 1. The molecule has 1 aromatic heterocycles. The number of alkyl halides is 3. The van der Waals surface area contributed by atoms with Crippen LogP contribution in [-0.2, 0) is 16.3 Å². The minimum Gasteiger partial charge on any atom is -0.492 e. The number of halogens is 3. The number of hydrogen-bond acceptors (Lipinski definition) is 5. The number of nitrogens with zero attached hydrogens (tertiary/aromatic N) is 2. The molecule has 1 aliphatic heterocycles. The second-order valence-electron chi connectivity index (χ2n) is 11.3. The van der Waals surface area contributed by atoms with E-state index in [1.807, 2.05) is 18.2 Å². The Hall–Kier alpha value is -3.43. The average Bonchev–Trinajstić information content (AvgIpc) is 2.87. The Morgan fingerprint density at radius 1 is 1.02 bits per heavy atom. The molecule has 0 bridgehead atoms. The largest absolute Gasteiger partial charge is 0.492 e. The third-order valence-electron chi connectivity index (χ3n) is 6.74. The number of rotatable bonds is 7. The summed E-state index contributed by atoms with van der Waals surface area (Å²) in [5.74, 6) is 0.319. The zero-order valence-corrected chi connectivity index (χ0v) is 23.5. The summed E-state index contributed by atoms with van der Waals surface area (Å²) in [5, 5.41) is 2.88. The highest BCUT2D eigenvalue weighted by Crippen LogP contribution is 2.36. The van der Waals surface area contributed by atoms with Crippen LogP contribution in [-0.4, -0.2) is 54.2 Å². The predicted molar refractivity (Wildman–Crippen MR) is 150 cm³/mol. The smallest absolute Gasteiger partial charge is 0.418 e. The van der Waals surface area contributed by atoms with E-state index in [4.69, 9.17) is 9.47 Å². The Kier molecular flexibility index (Phi) is 8.85. The summed E-state index contributed by atoms with van der Waals surface area (Å²) >= 11 is 0. The molecule has 0 spiro atoms. The van der Waals surface area contributed by atoms with Crippen molar-refractivity contribution in [1.29, 1.82) is 0 Å². The second-order valence-corrected chi connectivity index (χ2v) is 11.3. The number of ether oxygens (including phenoxy) is 2. The number of benzene rings is 2. The lowest BCUT2D eigenvalue weighted by molar-refractivity contribution is -0.137. The molecule has 2 aromatic carbocycles. The highest BCUT2D eigenvalue weighted by atomic mass is 19.4. The molecular formula is C31H36F3N3O3. The summed E-state index contributed by atoms with van der Waals surface area (Å²) in [6, 6.07) is 13.8. The van der Waals surface area contributed by atoms with E-state index >= 15 is 0 Å². The van der Waals surface area contributed by atoms with Crippen molar-refractivity contribution in [2.45, 2.75) is 58.4 Å². The van der Waals surface area contributed by atoms with Crippen LogP contribution in [0, 0.1) is 0 Å². The predicted octanol–water partition coefficient (Wildman–Crippen LogP) is 6.81. The van der Waals surface area contributed by atoms with Gasteiger partial charge < -0.3 is 14.8 Å². The lowest BCUT2D eigenvalue weighted by Crippen LogP contribution is -2.46. The van der Waals surface area contributed by atoms with Gasteiger partial charge in [0.1, 0.15) is 12.4 Å².